The van der Waals surface area contributed by atoms with E-state index in [4.69, 9.17) is 0 Å². The summed E-state index contributed by atoms with van der Waals surface area (Å²) in [5, 5.41) is 0. The minimum absolute atomic E-state index is 0.991. The SMILES string of the molecule is CCC1CSC[C@H]1C. The molecule has 1 saturated heterocycles. The summed E-state index contributed by atoms with van der Waals surface area (Å²) in [4.78, 5) is 0. The molecule has 1 rings (SSSR count). The Balaban J connectivity index is 2.30. The number of hydrogen-bond donors (Lipinski definition) is 0. The quantitative estimate of drug-likeness (QED) is 0.525. The van der Waals surface area contributed by atoms with Crippen LogP contribution in [-0.2, 0) is 0 Å². The van der Waals surface area contributed by atoms with Gasteiger partial charge in [0.2, 0.25) is 0 Å². The molecular formula is C7H14S. The molecule has 0 aromatic rings. The van der Waals surface area contributed by atoms with Crippen LogP contribution in [0.2, 0.25) is 0 Å². The third-order valence-electron chi connectivity index (χ3n) is 2.04. The second-order valence-electron chi connectivity index (χ2n) is 2.68. The lowest BCUT2D eigenvalue weighted by atomic mass is 9.96. The van der Waals surface area contributed by atoms with Crippen molar-refractivity contribution < 1.29 is 0 Å². The van der Waals surface area contributed by atoms with Crippen LogP contribution in [0.4, 0.5) is 0 Å². The number of thioether (sulfide) groups is 1. The van der Waals surface area contributed by atoms with Crippen molar-refractivity contribution in [3.63, 3.8) is 0 Å². The van der Waals surface area contributed by atoms with Crippen LogP contribution < -0.4 is 0 Å². The van der Waals surface area contributed by atoms with Crippen molar-refractivity contribution in [3.8, 4) is 0 Å². The van der Waals surface area contributed by atoms with E-state index < -0.39 is 0 Å². The fraction of sp³-hybridized carbons (Fsp3) is 1.00. The lowest BCUT2D eigenvalue weighted by molar-refractivity contribution is 0.440. The maximum absolute atomic E-state index is 2.37. The third kappa shape index (κ3) is 1.19. The standard InChI is InChI=1S/C7H14S/c1-3-7-5-8-4-6(7)2/h6-7H,3-5H2,1-2H3/t6-,7?/m1/s1. The summed E-state index contributed by atoms with van der Waals surface area (Å²) in [5.74, 6) is 4.83. The zero-order valence-corrected chi connectivity index (χ0v) is 6.50. The molecule has 0 radical (unpaired) electrons. The molecule has 0 aliphatic carbocycles. The van der Waals surface area contributed by atoms with Crippen molar-refractivity contribution in [2.45, 2.75) is 20.3 Å². The van der Waals surface area contributed by atoms with Gasteiger partial charge in [-0.25, -0.2) is 0 Å². The molecule has 48 valence electrons. The van der Waals surface area contributed by atoms with Gasteiger partial charge in [-0.1, -0.05) is 20.3 Å². The molecule has 0 aromatic heterocycles. The van der Waals surface area contributed by atoms with E-state index in [1.807, 2.05) is 0 Å². The molecule has 0 aromatic carbocycles. The van der Waals surface area contributed by atoms with Crippen LogP contribution in [-0.4, -0.2) is 11.5 Å². The summed E-state index contributed by atoms with van der Waals surface area (Å²) in [5.41, 5.74) is 0. The van der Waals surface area contributed by atoms with E-state index in [0.29, 0.717) is 0 Å². The van der Waals surface area contributed by atoms with Gasteiger partial charge >= 0.3 is 0 Å². The zero-order valence-electron chi connectivity index (χ0n) is 5.68. The van der Waals surface area contributed by atoms with Gasteiger partial charge in [-0.3, -0.25) is 0 Å². The largest absolute Gasteiger partial charge is 0.161 e. The van der Waals surface area contributed by atoms with Gasteiger partial charge in [0.15, 0.2) is 0 Å². The van der Waals surface area contributed by atoms with Crippen molar-refractivity contribution in [2.75, 3.05) is 11.5 Å². The Kier molecular flexibility index (Phi) is 2.24. The Hall–Kier alpha value is 0.350. The van der Waals surface area contributed by atoms with Crippen LogP contribution in [0.5, 0.6) is 0 Å². The van der Waals surface area contributed by atoms with Crippen LogP contribution in [0, 0.1) is 11.8 Å². The van der Waals surface area contributed by atoms with Gasteiger partial charge in [-0.05, 0) is 23.3 Å². The molecule has 0 nitrogen and oxygen atoms in total. The van der Waals surface area contributed by atoms with Crippen LogP contribution in [0.25, 0.3) is 0 Å². The summed E-state index contributed by atoms with van der Waals surface area (Å²) < 4.78 is 0. The first-order valence-corrected chi connectivity index (χ1v) is 4.57. The Morgan fingerprint density at radius 2 is 2.25 bits per heavy atom. The normalized spacial score (nSPS) is 38.2. The van der Waals surface area contributed by atoms with Crippen LogP contribution in [0.3, 0.4) is 0 Å². The lowest BCUT2D eigenvalue weighted by Gasteiger charge is -2.09. The number of hydrogen-bond acceptors (Lipinski definition) is 1. The van der Waals surface area contributed by atoms with Gasteiger partial charge in [0.05, 0.1) is 0 Å². The van der Waals surface area contributed by atoms with E-state index in [0.717, 1.165) is 11.8 Å². The maximum Gasteiger partial charge on any atom is -0.00363 e. The predicted molar refractivity (Wildman–Crippen MR) is 40.3 cm³/mol. The fourth-order valence-electron chi connectivity index (χ4n) is 1.23. The summed E-state index contributed by atoms with van der Waals surface area (Å²) in [6.07, 6.45) is 1.38. The van der Waals surface area contributed by atoms with Crippen LogP contribution in [0.15, 0.2) is 0 Å². The lowest BCUT2D eigenvalue weighted by Crippen LogP contribution is -2.05. The van der Waals surface area contributed by atoms with Crippen molar-refractivity contribution in [3.05, 3.63) is 0 Å². The molecule has 0 N–H and O–H groups in total. The highest BCUT2D eigenvalue weighted by atomic mass is 32.2. The third-order valence-corrected chi connectivity index (χ3v) is 3.47. The van der Waals surface area contributed by atoms with Crippen LogP contribution >= 0.6 is 11.8 Å². The first-order chi connectivity index (χ1) is 3.84. The zero-order chi connectivity index (χ0) is 5.98. The van der Waals surface area contributed by atoms with E-state index >= 15 is 0 Å². The summed E-state index contributed by atoms with van der Waals surface area (Å²) in [6, 6.07) is 0. The first-order valence-electron chi connectivity index (χ1n) is 3.42. The molecule has 2 atom stereocenters. The molecule has 0 bridgehead atoms. The predicted octanol–water partition coefficient (Wildman–Crippen LogP) is 2.40. The molecule has 1 heterocycles. The van der Waals surface area contributed by atoms with Crippen molar-refractivity contribution >= 4 is 11.8 Å². The van der Waals surface area contributed by atoms with Gasteiger partial charge in [0.1, 0.15) is 0 Å². The van der Waals surface area contributed by atoms with Gasteiger partial charge in [-0.2, -0.15) is 11.8 Å². The highest BCUT2D eigenvalue weighted by Crippen LogP contribution is 2.31. The topological polar surface area (TPSA) is 0 Å². The highest BCUT2D eigenvalue weighted by molar-refractivity contribution is 7.99. The highest BCUT2D eigenvalue weighted by Gasteiger charge is 2.21. The molecule has 0 amide bonds. The second-order valence-corrected chi connectivity index (χ2v) is 3.76. The van der Waals surface area contributed by atoms with E-state index in [2.05, 4.69) is 25.6 Å². The fourth-order valence-corrected chi connectivity index (χ4v) is 2.87. The first kappa shape index (κ1) is 6.47. The second kappa shape index (κ2) is 2.77. The summed E-state index contributed by atoms with van der Waals surface area (Å²) in [6.45, 7) is 4.67. The Morgan fingerprint density at radius 3 is 2.50 bits per heavy atom. The smallest absolute Gasteiger partial charge is 0.00363 e. The molecule has 0 spiro atoms. The summed E-state index contributed by atoms with van der Waals surface area (Å²) >= 11 is 2.11. The van der Waals surface area contributed by atoms with Gasteiger partial charge < -0.3 is 0 Å². The molecular weight excluding hydrogens is 116 g/mol. The molecule has 1 unspecified atom stereocenters. The number of rotatable bonds is 1. The Labute approximate surface area is 56.0 Å². The molecule has 1 aliphatic rings. The minimum Gasteiger partial charge on any atom is -0.161 e. The molecule has 1 aliphatic heterocycles. The van der Waals surface area contributed by atoms with Crippen LogP contribution in [0.1, 0.15) is 20.3 Å². The Bertz CT molecular complexity index is 70.8. The van der Waals surface area contributed by atoms with E-state index in [9.17, 15) is 0 Å². The average molecular weight is 130 g/mol. The van der Waals surface area contributed by atoms with Gasteiger partial charge in [0.25, 0.3) is 0 Å². The minimum atomic E-state index is 0.991. The molecule has 8 heavy (non-hydrogen) atoms. The van der Waals surface area contributed by atoms with Gasteiger partial charge in [0, 0.05) is 0 Å². The molecule has 0 saturated carbocycles. The summed E-state index contributed by atoms with van der Waals surface area (Å²) in [7, 11) is 0. The molecule has 1 heteroatoms. The van der Waals surface area contributed by atoms with E-state index in [1.165, 1.54) is 17.9 Å². The monoisotopic (exact) mass is 130 g/mol. The van der Waals surface area contributed by atoms with Crippen molar-refractivity contribution in [2.24, 2.45) is 11.8 Å². The van der Waals surface area contributed by atoms with Gasteiger partial charge in [-0.15, -0.1) is 0 Å². The average Bonchev–Trinajstić information content (AvgIpc) is 2.14. The Morgan fingerprint density at radius 1 is 1.50 bits per heavy atom. The maximum atomic E-state index is 2.37. The van der Waals surface area contributed by atoms with E-state index in [-0.39, 0.29) is 0 Å². The van der Waals surface area contributed by atoms with Crippen molar-refractivity contribution in [1.29, 1.82) is 0 Å². The van der Waals surface area contributed by atoms with Crippen molar-refractivity contribution in [1.82, 2.24) is 0 Å². The molecule has 1 fully saturated rings. The van der Waals surface area contributed by atoms with E-state index in [1.54, 1.807) is 0 Å².